The van der Waals surface area contributed by atoms with Gasteiger partial charge >= 0.3 is 0 Å². The summed E-state index contributed by atoms with van der Waals surface area (Å²) >= 11 is 7.64. The second kappa shape index (κ2) is 7.32. The van der Waals surface area contributed by atoms with Crippen molar-refractivity contribution in [2.45, 2.75) is 25.8 Å². The van der Waals surface area contributed by atoms with E-state index in [2.05, 4.69) is 16.8 Å². The number of benzene rings is 1. The number of carbonyl (C=O) groups excluding carboxylic acids is 1. The first kappa shape index (κ1) is 16.3. The van der Waals surface area contributed by atoms with Gasteiger partial charge in [0.25, 0.3) is 0 Å². The molecule has 1 aromatic carbocycles. The SMILES string of the molecule is CC1CN(c2nccs2)CCN1C(=O)CCc1cccc(Cl)c1. The molecule has 0 radical (unpaired) electrons. The third-order valence-electron chi connectivity index (χ3n) is 4.15. The fourth-order valence-electron chi connectivity index (χ4n) is 2.96. The van der Waals surface area contributed by atoms with E-state index in [0.29, 0.717) is 6.42 Å². The Bertz CT molecular complexity index is 662. The van der Waals surface area contributed by atoms with E-state index in [1.54, 1.807) is 11.3 Å². The van der Waals surface area contributed by atoms with Gasteiger partial charge in [0, 0.05) is 48.7 Å². The Morgan fingerprint density at radius 3 is 3.00 bits per heavy atom. The third kappa shape index (κ3) is 4.03. The predicted molar refractivity (Wildman–Crippen MR) is 95.3 cm³/mol. The predicted octanol–water partition coefficient (Wildman–Crippen LogP) is 3.47. The van der Waals surface area contributed by atoms with Crippen molar-refractivity contribution in [3.05, 3.63) is 46.4 Å². The van der Waals surface area contributed by atoms with Crippen LogP contribution in [-0.2, 0) is 11.2 Å². The number of carbonyl (C=O) groups is 1. The number of nitrogens with zero attached hydrogens (tertiary/aromatic N) is 3. The zero-order valence-electron chi connectivity index (χ0n) is 13.1. The van der Waals surface area contributed by atoms with Crippen LogP contribution in [0.1, 0.15) is 18.9 Å². The molecule has 6 heteroatoms. The largest absolute Gasteiger partial charge is 0.344 e. The van der Waals surface area contributed by atoms with Crippen LogP contribution in [0.25, 0.3) is 0 Å². The van der Waals surface area contributed by atoms with Crippen LogP contribution in [-0.4, -0.2) is 41.5 Å². The number of amides is 1. The van der Waals surface area contributed by atoms with Crippen LogP contribution in [0.15, 0.2) is 35.8 Å². The molecule has 2 heterocycles. The van der Waals surface area contributed by atoms with E-state index in [4.69, 9.17) is 11.6 Å². The average molecular weight is 350 g/mol. The van der Waals surface area contributed by atoms with Crippen molar-refractivity contribution >= 4 is 34.0 Å². The second-order valence-corrected chi connectivity index (χ2v) is 7.14. The van der Waals surface area contributed by atoms with Crippen molar-refractivity contribution in [3.63, 3.8) is 0 Å². The Morgan fingerprint density at radius 1 is 1.43 bits per heavy atom. The standard InChI is InChI=1S/C17H20ClN3OS/c1-13-12-20(17-19-7-10-23-17)8-9-21(13)16(22)6-5-14-3-2-4-15(18)11-14/h2-4,7,10-11,13H,5-6,8-9,12H2,1H3. The second-order valence-electron chi connectivity index (χ2n) is 5.83. The lowest BCUT2D eigenvalue weighted by molar-refractivity contribution is -0.133. The first-order chi connectivity index (χ1) is 11.1. The molecule has 0 bridgehead atoms. The molecule has 0 saturated carbocycles. The van der Waals surface area contributed by atoms with Gasteiger partial charge in [0.1, 0.15) is 0 Å². The van der Waals surface area contributed by atoms with Gasteiger partial charge in [-0.2, -0.15) is 0 Å². The van der Waals surface area contributed by atoms with Gasteiger partial charge in [-0.15, -0.1) is 11.3 Å². The molecule has 0 spiro atoms. The van der Waals surface area contributed by atoms with E-state index in [1.165, 1.54) is 0 Å². The lowest BCUT2D eigenvalue weighted by Gasteiger charge is -2.39. The van der Waals surface area contributed by atoms with Gasteiger partial charge in [-0.1, -0.05) is 23.7 Å². The molecular weight excluding hydrogens is 330 g/mol. The maximum absolute atomic E-state index is 12.5. The van der Waals surface area contributed by atoms with E-state index in [9.17, 15) is 4.79 Å². The Morgan fingerprint density at radius 2 is 2.30 bits per heavy atom. The topological polar surface area (TPSA) is 36.4 Å². The molecule has 1 unspecified atom stereocenters. The van der Waals surface area contributed by atoms with Gasteiger partial charge in [0.15, 0.2) is 5.13 Å². The minimum atomic E-state index is 0.208. The summed E-state index contributed by atoms with van der Waals surface area (Å²) < 4.78 is 0. The molecule has 0 aliphatic carbocycles. The number of anilines is 1. The van der Waals surface area contributed by atoms with Crippen LogP contribution in [0, 0.1) is 0 Å². The Labute approximate surface area is 145 Å². The Hall–Kier alpha value is -1.59. The van der Waals surface area contributed by atoms with Gasteiger partial charge < -0.3 is 9.80 Å². The van der Waals surface area contributed by atoms with Crippen LogP contribution in [0.3, 0.4) is 0 Å². The lowest BCUT2D eigenvalue weighted by Crippen LogP contribution is -2.54. The molecule has 3 rings (SSSR count). The van der Waals surface area contributed by atoms with Crippen LogP contribution in [0.5, 0.6) is 0 Å². The zero-order valence-corrected chi connectivity index (χ0v) is 14.7. The van der Waals surface area contributed by atoms with Crippen molar-refractivity contribution < 1.29 is 4.79 Å². The molecule has 0 N–H and O–H groups in total. The van der Waals surface area contributed by atoms with Gasteiger partial charge in [-0.25, -0.2) is 4.98 Å². The third-order valence-corrected chi connectivity index (χ3v) is 5.22. The summed E-state index contributed by atoms with van der Waals surface area (Å²) in [6.07, 6.45) is 3.09. The number of hydrogen-bond acceptors (Lipinski definition) is 4. The molecule has 1 fully saturated rings. The molecule has 1 atom stereocenters. The monoisotopic (exact) mass is 349 g/mol. The lowest BCUT2D eigenvalue weighted by atomic mass is 10.1. The maximum Gasteiger partial charge on any atom is 0.223 e. The number of piperazine rings is 1. The van der Waals surface area contributed by atoms with Crippen LogP contribution in [0.2, 0.25) is 5.02 Å². The molecule has 4 nitrogen and oxygen atoms in total. The van der Waals surface area contributed by atoms with Crippen LogP contribution >= 0.6 is 22.9 Å². The van der Waals surface area contributed by atoms with E-state index < -0.39 is 0 Å². The van der Waals surface area contributed by atoms with Crippen molar-refractivity contribution in [1.29, 1.82) is 0 Å². The van der Waals surface area contributed by atoms with Gasteiger partial charge in [-0.05, 0) is 31.0 Å². The van der Waals surface area contributed by atoms with Gasteiger partial charge in [0.05, 0.1) is 0 Å². The normalized spacial score (nSPS) is 18.3. The van der Waals surface area contributed by atoms with E-state index >= 15 is 0 Å². The summed E-state index contributed by atoms with van der Waals surface area (Å²) in [5, 5.41) is 3.76. The first-order valence-electron chi connectivity index (χ1n) is 7.82. The smallest absolute Gasteiger partial charge is 0.223 e. The molecule has 1 saturated heterocycles. The molecule has 1 aliphatic rings. The molecule has 1 aliphatic heterocycles. The average Bonchev–Trinajstić information content (AvgIpc) is 3.07. The summed E-state index contributed by atoms with van der Waals surface area (Å²) in [4.78, 5) is 21.1. The summed E-state index contributed by atoms with van der Waals surface area (Å²) in [5.41, 5.74) is 1.11. The number of aromatic nitrogens is 1. The highest BCUT2D eigenvalue weighted by molar-refractivity contribution is 7.13. The summed E-state index contributed by atoms with van der Waals surface area (Å²) in [7, 11) is 0. The van der Waals surface area contributed by atoms with E-state index in [-0.39, 0.29) is 11.9 Å². The molecule has 1 aromatic heterocycles. The maximum atomic E-state index is 12.5. The van der Waals surface area contributed by atoms with Crippen LogP contribution < -0.4 is 4.90 Å². The fourth-order valence-corrected chi connectivity index (χ4v) is 3.85. The Kier molecular flexibility index (Phi) is 5.18. The highest BCUT2D eigenvalue weighted by Crippen LogP contribution is 2.22. The van der Waals surface area contributed by atoms with Gasteiger partial charge in [-0.3, -0.25) is 4.79 Å². The zero-order chi connectivity index (χ0) is 16.2. The van der Waals surface area contributed by atoms with Gasteiger partial charge in [0.2, 0.25) is 5.91 Å². The molecule has 23 heavy (non-hydrogen) atoms. The molecule has 2 aromatic rings. The molecular formula is C17H20ClN3OS. The summed E-state index contributed by atoms with van der Waals surface area (Å²) in [6.45, 7) is 4.56. The van der Waals surface area contributed by atoms with Crippen molar-refractivity contribution in [1.82, 2.24) is 9.88 Å². The number of hydrogen-bond donors (Lipinski definition) is 0. The van der Waals surface area contributed by atoms with Crippen molar-refractivity contribution in [3.8, 4) is 0 Å². The first-order valence-corrected chi connectivity index (χ1v) is 9.07. The molecule has 122 valence electrons. The van der Waals surface area contributed by atoms with E-state index in [1.807, 2.05) is 40.7 Å². The van der Waals surface area contributed by atoms with Crippen molar-refractivity contribution in [2.24, 2.45) is 0 Å². The van der Waals surface area contributed by atoms with Crippen molar-refractivity contribution in [2.75, 3.05) is 24.5 Å². The highest BCUT2D eigenvalue weighted by atomic mass is 35.5. The number of rotatable bonds is 4. The fraction of sp³-hybridized carbons (Fsp3) is 0.412. The minimum absolute atomic E-state index is 0.208. The Balaban J connectivity index is 1.54. The number of thiazole rings is 1. The number of halogens is 1. The highest BCUT2D eigenvalue weighted by Gasteiger charge is 2.27. The summed E-state index contributed by atoms with van der Waals surface area (Å²) in [6, 6.07) is 7.94. The quantitative estimate of drug-likeness (QED) is 0.848. The van der Waals surface area contributed by atoms with E-state index in [0.717, 1.165) is 41.8 Å². The minimum Gasteiger partial charge on any atom is -0.344 e. The molecule has 1 amide bonds. The number of aryl methyl sites for hydroxylation is 1. The summed E-state index contributed by atoms with van der Waals surface area (Å²) in [5.74, 6) is 0.219. The van der Waals surface area contributed by atoms with Crippen LogP contribution in [0.4, 0.5) is 5.13 Å².